The summed E-state index contributed by atoms with van der Waals surface area (Å²) in [7, 11) is 0. The molecule has 2 aromatic rings. The molecule has 2 aromatic carbocycles. The Morgan fingerprint density at radius 3 is 2.30 bits per heavy atom. The predicted molar refractivity (Wildman–Crippen MR) is 113 cm³/mol. The van der Waals surface area contributed by atoms with E-state index in [1.54, 1.807) is 24.3 Å². The van der Waals surface area contributed by atoms with Gasteiger partial charge < -0.3 is 23.7 Å². The summed E-state index contributed by atoms with van der Waals surface area (Å²) in [4.78, 5) is 12.8. The third-order valence-electron chi connectivity index (χ3n) is 5.09. The third kappa shape index (κ3) is 4.76. The van der Waals surface area contributed by atoms with Gasteiger partial charge in [-0.3, -0.25) is 0 Å². The number of benzene rings is 2. The fraction of sp³-hybridized carbons (Fsp3) is 0.435. The zero-order valence-corrected chi connectivity index (χ0v) is 18.5. The molecule has 0 radical (unpaired) electrons. The lowest BCUT2D eigenvalue weighted by molar-refractivity contribution is -0.275. The number of alkyl halides is 1. The van der Waals surface area contributed by atoms with Gasteiger partial charge in [0.1, 0.15) is 12.2 Å². The van der Waals surface area contributed by atoms with Gasteiger partial charge in [0.05, 0.1) is 18.3 Å². The van der Waals surface area contributed by atoms with E-state index in [-0.39, 0.29) is 12.2 Å². The molecule has 5 atom stereocenters. The minimum atomic E-state index is -0.815. The van der Waals surface area contributed by atoms with Crippen LogP contribution in [0.3, 0.4) is 0 Å². The lowest BCUT2D eigenvalue weighted by Gasteiger charge is -2.41. The smallest absolute Gasteiger partial charge is 0.338 e. The van der Waals surface area contributed by atoms with E-state index in [0.29, 0.717) is 17.5 Å². The molecule has 2 heterocycles. The molecule has 0 N–H and O–H groups in total. The van der Waals surface area contributed by atoms with Gasteiger partial charge in [0.2, 0.25) is 0 Å². The molecule has 30 heavy (non-hydrogen) atoms. The Morgan fingerprint density at radius 1 is 1.00 bits per heavy atom. The molecule has 0 saturated carbocycles. The summed E-state index contributed by atoms with van der Waals surface area (Å²) in [5, 5.41) is 0.540. The number of halogens is 1. The van der Waals surface area contributed by atoms with Crippen LogP contribution in [-0.4, -0.2) is 47.8 Å². The van der Waals surface area contributed by atoms with Gasteiger partial charge >= 0.3 is 5.97 Å². The second-order valence-electron chi connectivity index (χ2n) is 7.79. The molecular weight excluding hydrogens is 452 g/mol. The summed E-state index contributed by atoms with van der Waals surface area (Å²) < 4.78 is 30.3. The second kappa shape index (κ2) is 9.16. The Labute approximate surface area is 184 Å². The third-order valence-corrected chi connectivity index (χ3v) is 5.73. The van der Waals surface area contributed by atoms with Crippen molar-refractivity contribution < 1.29 is 28.5 Å². The molecule has 2 aliphatic heterocycles. The van der Waals surface area contributed by atoms with E-state index in [2.05, 4.69) is 15.9 Å². The van der Waals surface area contributed by atoms with Crippen molar-refractivity contribution in [2.75, 3.05) is 5.33 Å². The normalized spacial score (nSPS) is 29.9. The van der Waals surface area contributed by atoms with Crippen molar-refractivity contribution in [3.8, 4) is 0 Å². The van der Waals surface area contributed by atoms with Gasteiger partial charge in [-0.1, -0.05) is 64.5 Å². The van der Waals surface area contributed by atoms with E-state index in [4.69, 9.17) is 23.7 Å². The summed E-state index contributed by atoms with van der Waals surface area (Å²) >= 11 is 3.49. The van der Waals surface area contributed by atoms with Crippen molar-refractivity contribution in [2.45, 2.75) is 56.9 Å². The summed E-state index contributed by atoms with van der Waals surface area (Å²) in [6.45, 7) is 4.00. The molecule has 0 bridgehead atoms. The van der Waals surface area contributed by atoms with Crippen LogP contribution in [0.25, 0.3) is 0 Å². The van der Waals surface area contributed by atoms with Crippen LogP contribution in [0, 0.1) is 0 Å². The molecule has 7 heteroatoms. The molecule has 160 valence electrons. The lowest BCUT2D eigenvalue weighted by atomic mass is 9.99. The second-order valence-corrected chi connectivity index (χ2v) is 8.44. The van der Waals surface area contributed by atoms with Crippen LogP contribution in [0.1, 0.15) is 29.8 Å². The number of rotatable bonds is 6. The maximum absolute atomic E-state index is 12.8. The molecule has 0 aliphatic carbocycles. The van der Waals surface area contributed by atoms with Crippen LogP contribution in [-0.2, 0) is 30.3 Å². The molecule has 0 spiro atoms. The molecular formula is C23H25BrO6. The van der Waals surface area contributed by atoms with E-state index >= 15 is 0 Å². The highest BCUT2D eigenvalue weighted by Gasteiger charge is 2.57. The first-order valence-corrected chi connectivity index (χ1v) is 11.1. The predicted octanol–water partition coefficient (Wildman–Crippen LogP) is 4.07. The number of hydrogen-bond donors (Lipinski definition) is 0. The SMILES string of the molecule is CC1(C)O[C@H]2[C@@H](O1)[C@@H](CBr)O[C@@H](OCc1ccccc1)[C@@H]2OC(=O)c1ccccc1. The molecule has 0 unspecified atom stereocenters. The quantitative estimate of drug-likeness (QED) is 0.462. The highest BCUT2D eigenvalue weighted by molar-refractivity contribution is 9.09. The zero-order valence-electron chi connectivity index (χ0n) is 16.9. The van der Waals surface area contributed by atoms with Gasteiger partial charge in [-0.2, -0.15) is 0 Å². The van der Waals surface area contributed by atoms with Crippen molar-refractivity contribution in [1.82, 2.24) is 0 Å². The largest absolute Gasteiger partial charge is 0.450 e. The molecule has 6 nitrogen and oxygen atoms in total. The van der Waals surface area contributed by atoms with Crippen molar-refractivity contribution in [2.24, 2.45) is 0 Å². The fourth-order valence-electron chi connectivity index (χ4n) is 3.74. The number of carbonyl (C=O) groups is 1. The monoisotopic (exact) mass is 476 g/mol. The number of fused-ring (bicyclic) bond motifs is 1. The number of ether oxygens (including phenoxy) is 5. The Morgan fingerprint density at radius 2 is 1.63 bits per heavy atom. The minimum Gasteiger partial charge on any atom is -0.450 e. The van der Waals surface area contributed by atoms with Crippen LogP contribution in [0.4, 0.5) is 0 Å². The van der Waals surface area contributed by atoms with Gasteiger partial charge in [0, 0.05) is 5.33 Å². The Kier molecular flexibility index (Phi) is 6.55. The zero-order chi connectivity index (χ0) is 21.1. The van der Waals surface area contributed by atoms with Gasteiger partial charge in [-0.05, 0) is 31.5 Å². The standard InChI is InChI=1S/C23H25BrO6/c1-23(2)29-18-17(13-24)27-22(26-14-15-9-5-3-6-10-15)20(19(18)30-23)28-21(25)16-11-7-4-8-12-16/h3-12,17-20,22H,13-14H2,1-2H3/t17-,18+,19+,20-,22-/m1/s1. The highest BCUT2D eigenvalue weighted by atomic mass is 79.9. The van der Waals surface area contributed by atoms with Crippen LogP contribution in [0.15, 0.2) is 60.7 Å². The maximum Gasteiger partial charge on any atom is 0.338 e. The van der Waals surface area contributed by atoms with Crippen molar-refractivity contribution in [1.29, 1.82) is 0 Å². The molecule has 2 saturated heterocycles. The van der Waals surface area contributed by atoms with E-state index in [1.165, 1.54) is 0 Å². The van der Waals surface area contributed by atoms with Gasteiger partial charge in [-0.15, -0.1) is 0 Å². The Bertz CT molecular complexity index is 843. The molecule has 0 amide bonds. The van der Waals surface area contributed by atoms with Crippen LogP contribution < -0.4 is 0 Å². The summed E-state index contributed by atoms with van der Waals surface area (Å²) in [5.41, 5.74) is 1.45. The first kappa shape index (κ1) is 21.5. The average molecular weight is 477 g/mol. The molecule has 2 aliphatic rings. The topological polar surface area (TPSA) is 63.2 Å². The van der Waals surface area contributed by atoms with Crippen LogP contribution in [0.2, 0.25) is 0 Å². The van der Waals surface area contributed by atoms with E-state index in [9.17, 15) is 4.79 Å². The lowest BCUT2D eigenvalue weighted by Crippen LogP contribution is -2.58. The minimum absolute atomic E-state index is 0.302. The number of carbonyl (C=O) groups excluding carboxylic acids is 1. The summed E-state index contributed by atoms with van der Waals surface area (Å²) in [6.07, 6.45) is -2.76. The Hall–Kier alpha value is -1.77. The Balaban J connectivity index is 1.57. The molecule has 2 fully saturated rings. The molecule has 4 rings (SSSR count). The number of hydrogen-bond acceptors (Lipinski definition) is 6. The van der Waals surface area contributed by atoms with E-state index in [1.807, 2.05) is 50.2 Å². The summed E-state index contributed by atoms with van der Waals surface area (Å²) in [6, 6.07) is 18.6. The van der Waals surface area contributed by atoms with E-state index < -0.39 is 30.3 Å². The number of esters is 1. The summed E-state index contributed by atoms with van der Waals surface area (Å²) in [5.74, 6) is -1.27. The van der Waals surface area contributed by atoms with Crippen molar-refractivity contribution >= 4 is 21.9 Å². The van der Waals surface area contributed by atoms with Crippen molar-refractivity contribution in [3.05, 3.63) is 71.8 Å². The van der Waals surface area contributed by atoms with Crippen molar-refractivity contribution in [3.63, 3.8) is 0 Å². The highest BCUT2D eigenvalue weighted by Crippen LogP contribution is 2.39. The first-order valence-electron chi connectivity index (χ1n) is 9.95. The first-order chi connectivity index (χ1) is 14.5. The van der Waals surface area contributed by atoms with Crippen LogP contribution in [0.5, 0.6) is 0 Å². The van der Waals surface area contributed by atoms with E-state index in [0.717, 1.165) is 5.56 Å². The van der Waals surface area contributed by atoms with Crippen LogP contribution >= 0.6 is 15.9 Å². The van der Waals surface area contributed by atoms with Gasteiger partial charge in [0.15, 0.2) is 18.2 Å². The maximum atomic E-state index is 12.8. The molecule has 0 aromatic heterocycles. The average Bonchev–Trinajstić information content (AvgIpc) is 3.09. The fourth-order valence-corrected chi connectivity index (χ4v) is 4.26. The van der Waals surface area contributed by atoms with Gasteiger partial charge in [-0.25, -0.2) is 4.79 Å². The van der Waals surface area contributed by atoms with Gasteiger partial charge in [0.25, 0.3) is 0 Å².